The molecule has 0 saturated heterocycles. The first kappa shape index (κ1) is 14.5. The van der Waals surface area contributed by atoms with Crippen LogP contribution in [0.2, 0.25) is 0 Å². The Morgan fingerprint density at radius 3 is 2.61 bits per heavy atom. The molecule has 1 aromatic rings. The van der Waals surface area contributed by atoms with Crippen LogP contribution in [0.3, 0.4) is 0 Å². The Balaban J connectivity index is 2.33. The highest BCUT2D eigenvalue weighted by molar-refractivity contribution is 5.50. The van der Waals surface area contributed by atoms with Gasteiger partial charge in [-0.15, -0.1) is 0 Å². The molecule has 0 heterocycles. The molecule has 0 saturated carbocycles. The van der Waals surface area contributed by atoms with E-state index in [0.717, 1.165) is 18.8 Å². The number of rotatable bonds is 8. The second-order valence-corrected chi connectivity index (χ2v) is 4.62. The van der Waals surface area contributed by atoms with E-state index in [-0.39, 0.29) is 0 Å². The highest BCUT2D eigenvalue weighted by Crippen LogP contribution is 2.12. The summed E-state index contributed by atoms with van der Waals surface area (Å²) in [5.41, 5.74) is 1.19. The number of hydrogen-bond acceptors (Lipinski definition) is 2. The maximum absolute atomic E-state index is 5.43. The summed E-state index contributed by atoms with van der Waals surface area (Å²) in [6.07, 6.45) is 6.00. The van der Waals surface area contributed by atoms with E-state index in [9.17, 15) is 0 Å². The van der Waals surface area contributed by atoms with Crippen LogP contribution < -0.4 is 10.1 Å². The van der Waals surface area contributed by atoms with Gasteiger partial charge in [0, 0.05) is 6.54 Å². The Bertz CT molecular complexity index is 365. The monoisotopic (exact) mass is 245 g/mol. The van der Waals surface area contributed by atoms with E-state index in [4.69, 9.17) is 4.74 Å². The van der Waals surface area contributed by atoms with Gasteiger partial charge < -0.3 is 10.1 Å². The molecule has 1 aromatic carbocycles. The quantitative estimate of drug-likeness (QED) is 0.559. The van der Waals surface area contributed by atoms with Crippen molar-refractivity contribution in [2.45, 2.75) is 13.8 Å². The van der Waals surface area contributed by atoms with Gasteiger partial charge in [-0.2, -0.15) is 0 Å². The van der Waals surface area contributed by atoms with Gasteiger partial charge in [0.15, 0.2) is 0 Å². The van der Waals surface area contributed by atoms with E-state index in [2.05, 4.69) is 50.0 Å². The zero-order valence-electron chi connectivity index (χ0n) is 11.4. The van der Waals surface area contributed by atoms with Crippen LogP contribution in [0, 0.1) is 5.92 Å². The average Bonchev–Trinajstić information content (AvgIpc) is 2.37. The minimum absolute atomic E-state index is 0.550. The molecular formula is C16H23NO. The van der Waals surface area contributed by atoms with Gasteiger partial charge in [0.2, 0.25) is 0 Å². The third-order valence-electron chi connectivity index (χ3n) is 2.37. The molecule has 0 atom stereocenters. The molecule has 1 N–H and O–H groups in total. The van der Waals surface area contributed by atoms with Crippen LogP contribution in [0.25, 0.3) is 6.08 Å². The van der Waals surface area contributed by atoms with Crippen LogP contribution in [0.1, 0.15) is 19.4 Å². The summed E-state index contributed by atoms with van der Waals surface area (Å²) in [4.78, 5) is 0. The lowest BCUT2D eigenvalue weighted by atomic mass is 10.2. The molecule has 2 heteroatoms. The molecule has 0 radical (unpaired) electrons. The first-order valence-corrected chi connectivity index (χ1v) is 6.43. The van der Waals surface area contributed by atoms with Crippen LogP contribution >= 0.6 is 0 Å². The van der Waals surface area contributed by atoms with Gasteiger partial charge in [0.1, 0.15) is 12.4 Å². The number of ether oxygens (including phenoxy) is 1. The minimum atomic E-state index is 0.550. The lowest BCUT2D eigenvalue weighted by Gasteiger charge is -2.04. The van der Waals surface area contributed by atoms with E-state index in [1.807, 2.05) is 12.1 Å². The van der Waals surface area contributed by atoms with Gasteiger partial charge in [-0.25, -0.2) is 0 Å². The molecule has 18 heavy (non-hydrogen) atoms. The molecule has 98 valence electrons. The maximum atomic E-state index is 5.43. The first-order chi connectivity index (χ1) is 8.72. The van der Waals surface area contributed by atoms with Crippen molar-refractivity contribution >= 4 is 6.08 Å². The maximum Gasteiger partial charge on any atom is 0.119 e. The molecule has 0 amide bonds. The fraction of sp³-hybridized carbons (Fsp3) is 0.375. The molecule has 0 aliphatic rings. The van der Waals surface area contributed by atoms with E-state index >= 15 is 0 Å². The lowest BCUT2D eigenvalue weighted by molar-refractivity contribution is 0.363. The predicted octanol–water partition coefficient (Wildman–Crippen LogP) is 3.51. The minimum Gasteiger partial charge on any atom is -0.490 e. The van der Waals surface area contributed by atoms with Crippen LogP contribution in [-0.2, 0) is 0 Å². The van der Waals surface area contributed by atoms with Crippen molar-refractivity contribution < 1.29 is 4.74 Å². The Hall–Kier alpha value is -1.54. The smallest absolute Gasteiger partial charge is 0.119 e. The van der Waals surface area contributed by atoms with Gasteiger partial charge >= 0.3 is 0 Å². The zero-order valence-corrected chi connectivity index (χ0v) is 11.4. The SMILES string of the molecule is C=CCOc1ccc(C=CCNCC(C)C)cc1. The third kappa shape index (κ3) is 6.26. The van der Waals surface area contributed by atoms with Crippen molar-refractivity contribution in [3.05, 3.63) is 48.6 Å². The Labute approximate surface area is 110 Å². The van der Waals surface area contributed by atoms with E-state index in [1.165, 1.54) is 5.56 Å². The lowest BCUT2D eigenvalue weighted by Crippen LogP contribution is -2.19. The Kier molecular flexibility index (Phi) is 6.89. The van der Waals surface area contributed by atoms with Crippen LogP contribution in [0.5, 0.6) is 5.75 Å². The molecular weight excluding hydrogens is 222 g/mol. The van der Waals surface area contributed by atoms with E-state index < -0.39 is 0 Å². The number of benzene rings is 1. The summed E-state index contributed by atoms with van der Waals surface area (Å²) in [6, 6.07) is 8.06. The normalized spacial score (nSPS) is 11.1. The summed E-state index contributed by atoms with van der Waals surface area (Å²) in [7, 11) is 0. The average molecular weight is 245 g/mol. The number of hydrogen-bond donors (Lipinski definition) is 1. The molecule has 0 aliphatic heterocycles. The summed E-state index contributed by atoms with van der Waals surface area (Å²) in [6.45, 7) is 10.5. The first-order valence-electron chi connectivity index (χ1n) is 6.43. The fourth-order valence-corrected chi connectivity index (χ4v) is 1.48. The molecule has 0 fully saturated rings. The molecule has 0 aromatic heterocycles. The summed E-state index contributed by atoms with van der Waals surface area (Å²) >= 11 is 0. The molecule has 1 rings (SSSR count). The van der Waals surface area contributed by atoms with Gasteiger partial charge in [-0.1, -0.05) is 50.8 Å². The van der Waals surface area contributed by atoms with Gasteiger partial charge in [-0.05, 0) is 30.2 Å². The van der Waals surface area contributed by atoms with Crippen molar-refractivity contribution in [2.24, 2.45) is 5.92 Å². The highest BCUT2D eigenvalue weighted by Gasteiger charge is 1.92. The topological polar surface area (TPSA) is 21.3 Å². The largest absolute Gasteiger partial charge is 0.490 e. The molecule has 0 bridgehead atoms. The third-order valence-corrected chi connectivity index (χ3v) is 2.37. The fourth-order valence-electron chi connectivity index (χ4n) is 1.48. The van der Waals surface area contributed by atoms with Gasteiger partial charge in [0.05, 0.1) is 0 Å². The van der Waals surface area contributed by atoms with Crippen molar-refractivity contribution in [2.75, 3.05) is 19.7 Å². The second-order valence-electron chi connectivity index (χ2n) is 4.62. The Morgan fingerprint density at radius 2 is 2.00 bits per heavy atom. The summed E-state index contributed by atoms with van der Waals surface area (Å²) in [5, 5.41) is 3.37. The van der Waals surface area contributed by atoms with Crippen LogP contribution in [0.15, 0.2) is 43.0 Å². The second kappa shape index (κ2) is 8.54. The molecule has 0 spiro atoms. The summed E-state index contributed by atoms with van der Waals surface area (Å²) < 4.78 is 5.43. The Morgan fingerprint density at radius 1 is 1.28 bits per heavy atom. The van der Waals surface area contributed by atoms with Crippen molar-refractivity contribution in [1.82, 2.24) is 5.32 Å². The summed E-state index contributed by atoms with van der Waals surface area (Å²) in [5.74, 6) is 1.57. The van der Waals surface area contributed by atoms with Gasteiger partial charge in [-0.3, -0.25) is 0 Å². The van der Waals surface area contributed by atoms with Crippen molar-refractivity contribution in [3.8, 4) is 5.75 Å². The van der Waals surface area contributed by atoms with Crippen molar-refractivity contribution in [1.29, 1.82) is 0 Å². The molecule has 0 aliphatic carbocycles. The number of nitrogens with one attached hydrogen (secondary N) is 1. The molecule has 2 nitrogen and oxygen atoms in total. The molecule has 0 unspecified atom stereocenters. The predicted molar refractivity (Wildman–Crippen MR) is 78.9 cm³/mol. The highest BCUT2D eigenvalue weighted by atomic mass is 16.5. The zero-order chi connectivity index (χ0) is 13.2. The van der Waals surface area contributed by atoms with Gasteiger partial charge in [0.25, 0.3) is 0 Å². The van der Waals surface area contributed by atoms with E-state index in [1.54, 1.807) is 6.08 Å². The standard InChI is InChI=1S/C16H23NO/c1-4-12-18-16-9-7-15(8-10-16)6-5-11-17-13-14(2)3/h4-10,14,17H,1,11-13H2,2-3H3. The van der Waals surface area contributed by atoms with E-state index in [0.29, 0.717) is 12.5 Å². The van der Waals surface area contributed by atoms with Crippen LogP contribution in [0.4, 0.5) is 0 Å². The van der Waals surface area contributed by atoms with Crippen molar-refractivity contribution in [3.63, 3.8) is 0 Å². The van der Waals surface area contributed by atoms with Crippen LogP contribution in [-0.4, -0.2) is 19.7 Å².